The first-order valence-electron chi connectivity index (χ1n) is 28.0. The van der Waals surface area contributed by atoms with Gasteiger partial charge in [0.1, 0.15) is 0 Å². The molecule has 389 valence electrons. The summed E-state index contributed by atoms with van der Waals surface area (Å²) in [6, 6.07) is 14.3. The Bertz CT molecular complexity index is 2830. The average Bonchev–Trinajstić information content (AvgIpc) is 3.80. The molecule has 1 aliphatic heterocycles. The topological polar surface area (TPSA) is 6.48 Å². The number of fused-ring (bicyclic) bond motifs is 5. The van der Waals surface area contributed by atoms with Crippen LogP contribution in [0.25, 0.3) is 10.1 Å². The third-order valence-corrected chi connectivity index (χ3v) is 19.0. The van der Waals surface area contributed by atoms with Crippen molar-refractivity contribution >= 4 is 39.2 Å². The van der Waals surface area contributed by atoms with E-state index in [-0.39, 0.29) is 27.6 Å². The standard InChI is InChI=1S/C69H94BN2S/c1-21-26-31-48(9)53(40-57(46(6)7)49(10)47(8)23-3)45-71-39-35-54(30-22-2)72(38-29-32-52(24-4)50(11)66(13,14)25-5)64-59-42-61-62(68(17,18)37-36-67(61,15)16)43-63(59)73-65(64)70-44-55(71)41-58-51(12)69(19,20)60-34-28-27-33-56(58)60/h21-22,26-35,39-40,42-44,46-47,58H,2,12,23-25,36-38,41,45H2,1,3-11,13-20H3/b26-21-,32-29-,39-35+,48-31+,52-50+,53-40+,54-30+,55-44-,57-49-. The van der Waals surface area contributed by atoms with E-state index in [1.165, 1.54) is 100 Å². The Kier molecular flexibility index (Phi) is 18.4. The number of benzene rings is 2. The third-order valence-electron chi connectivity index (χ3n) is 17.9. The molecule has 0 fully saturated rings. The molecule has 2 aliphatic carbocycles. The van der Waals surface area contributed by atoms with Crippen LogP contribution in [0.5, 0.6) is 0 Å². The molecule has 4 heteroatoms. The summed E-state index contributed by atoms with van der Waals surface area (Å²) in [5, 5.41) is 1.33. The highest BCUT2D eigenvalue weighted by atomic mass is 32.1. The van der Waals surface area contributed by atoms with Gasteiger partial charge in [-0.25, -0.2) is 0 Å². The van der Waals surface area contributed by atoms with E-state index in [4.69, 9.17) is 6.58 Å². The molecule has 73 heavy (non-hydrogen) atoms. The van der Waals surface area contributed by atoms with Gasteiger partial charge in [-0.2, -0.15) is 0 Å². The summed E-state index contributed by atoms with van der Waals surface area (Å²) in [5.41, 5.74) is 19.3. The Morgan fingerprint density at radius 2 is 1.62 bits per heavy atom. The van der Waals surface area contributed by atoms with E-state index in [2.05, 4.69) is 245 Å². The molecular formula is C69H94BN2S. The van der Waals surface area contributed by atoms with Gasteiger partial charge in [-0.3, -0.25) is 0 Å². The lowest BCUT2D eigenvalue weighted by Crippen LogP contribution is -2.33. The van der Waals surface area contributed by atoms with Crippen LogP contribution in [0.3, 0.4) is 0 Å². The molecule has 1 radical (unpaired) electrons. The predicted molar refractivity (Wildman–Crippen MR) is 328 cm³/mol. The lowest BCUT2D eigenvalue weighted by Gasteiger charge is -2.42. The molecule has 3 aromatic rings. The molecule has 0 bridgehead atoms. The van der Waals surface area contributed by atoms with Gasteiger partial charge in [0.15, 0.2) is 7.28 Å². The fraction of sp³-hybridized carbons (Fsp3) is 0.478. The van der Waals surface area contributed by atoms with Crippen molar-refractivity contribution < 1.29 is 0 Å². The summed E-state index contributed by atoms with van der Waals surface area (Å²) in [6.07, 6.45) is 29.4. The quantitative estimate of drug-likeness (QED) is 0.0755. The summed E-state index contributed by atoms with van der Waals surface area (Å²) < 4.78 is 2.63. The van der Waals surface area contributed by atoms with Crippen molar-refractivity contribution in [1.29, 1.82) is 0 Å². The number of anilines is 1. The SMILES string of the molecule is C=C/C=C1\C=C\N(CC(=C\C(=C(/C)C(C)CC)C(C)C)/C(C)=C/C=C\C)/C(CC2C(=C)C(C)(C)c3ccccc32)=C\[B]c2sc3cc4c(cc3c2N1C/C=C\C(CC)=C(/C)C(C)(C)CC)C(C)(C)CCC4(C)C. The van der Waals surface area contributed by atoms with Crippen LogP contribution < -0.4 is 9.68 Å². The molecule has 0 saturated heterocycles. The Hall–Kier alpha value is -4.80. The maximum Gasteiger partial charge on any atom is 0.200 e. The molecule has 2 atom stereocenters. The highest BCUT2D eigenvalue weighted by Crippen LogP contribution is 2.52. The number of rotatable bonds is 17. The summed E-state index contributed by atoms with van der Waals surface area (Å²) >= 11 is 1.95. The Morgan fingerprint density at radius 1 is 0.945 bits per heavy atom. The average molecular weight is 994 g/mol. The van der Waals surface area contributed by atoms with Gasteiger partial charge in [0.25, 0.3) is 0 Å². The van der Waals surface area contributed by atoms with Gasteiger partial charge in [-0.1, -0.05) is 200 Å². The summed E-state index contributed by atoms with van der Waals surface area (Å²) in [6.45, 7) is 53.1. The third kappa shape index (κ3) is 12.2. The smallest absolute Gasteiger partial charge is 0.200 e. The monoisotopic (exact) mass is 994 g/mol. The second-order valence-corrected chi connectivity index (χ2v) is 25.6. The van der Waals surface area contributed by atoms with Crippen molar-refractivity contribution in [1.82, 2.24) is 4.90 Å². The lowest BCUT2D eigenvalue weighted by atomic mass is 9.63. The van der Waals surface area contributed by atoms with Crippen LogP contribution >= 0.6 is 11.3 Å². The van der Waals surface area contributed by atoms with Crippen LogP contribution in [0.1, 0.15) is 191 Å². The molecule has 6 rings (SSSR count). The second-order valence-electron chi connectivity index (χ2n) is 24.5. The van der Waals surface area contributed by atoms with Crippen molar-refractivity contribution in [2.45, 2.75) is 185 Å². The molecule has 2 aromatic carbocycles. The van der Waals surface area contributed by atoms with Crippen molar-refractivity contribution in [3.05, 3.63) is 189 Å². The molecular weight excluding hydrogens is 900 g/mol. The fourth-order valence-corrected chi connectivity index (χ4v) is 12.7. The van der Waals surface area contributed by atoms with Gasteiger partial charge in [0, 0.05) is 52.1 Å². The number of hydrogen-bond acceptors (Lipinski definition) is 3. The first kappa shape index (κ1) is 57.5. The zero-order chi connectivity index (χ0) is 53.8. The van der Waals surface area contributed by atoms with E-state index < -0.39 is 0 Å². The van der Waals surface area contributed by atoms with Gasteiger partial charge in [0.2, 0.25) is 0 Å². The number of thiophene rings is 1. The van der Waals surface area contributed by atoms with Crippen molar-refractivity contribution in [2.75, 3.05) is 18.0 Å². The van der Waals surface area contributed by atoms with E-state index in [0.717, 1.165) is 31.4 Å². The Labute approximate surface area is 451 Å². The number of allylic oxidation sites excluding steroid dienone is 14. The predicted octanol–water partition coefficient (Wildman–Crippen LogP) is 19.3. The molecule has 2 nitrogen and oxygen atoms in total. The highest BCUT2D eigenvalue weighted by molar-refractivity contribution is 7.28. The van der Waals surface area contributed by atoms with E-state index in [1.807, 2.05) is 17.4 Å². The largest absolute Gasteiger partial charge is 0.348 e. The normalized spacial score (nSPS) is 22.0. The van der Waals surface area contributed by atoms with Gasteiger partial charge in [0.05, 0.1) is 5.69 Å². The molecule has 1 aromatic heterocycles. The molecule has 0 amide bonds. The zero-order valence-corrected chi connectivity index (χ0v) is 49.8. The van der Waals surface area contributed by atoms with E-state index in [9.17, 15) is 0 Å². The molecule has 2 heterocycles. The van der Waals surface area contributed by atoms with Crippen LogP contribution in [0.2, 0.25) is 0 Å². The molecule has 0 N–H and O–H groups in total. The summed E-state index contributed by atoms with van der Waals surface area (Å²) in [4.78, 5) is 5.14. The van der Waals surface area contributed by atoms with Crippen molar-refractivity contribution in [3.63, 3.8) is 0 Å². The minimum atomic E-state index is -0.131. The van der Waals surface area contributed by atoms with Gasteiger partial charge in [-0.05, 0) is 168 Å². The van der Waals surface area contributed by atoms with E-state index >= 15 is 0 Å². The maximum atomic E-state index is 4.90. The fourth-order valence-electron chi connectivity index (χ4n) is 11.6. The Balaban J connectivity index is 1.68. The van der Waals surface area contributed by atoms with Crippen LogP contribution in [0.4, 0.5) is 5.69 Å². The second kappa shape index (κ2) is 23.4. The van der Waals surface area contributed by atoms with Crippen LogP contribution in [0.15, 0.2) is 167 Å². The van der Waals surface area contributed by atoms with Crippen LogP contribution in [-0.4, -0.2) is 25.3 Å². The van der Waals surface area contributed by atoms with E-state index in [0.29, 0.717) is 24.9 Å². The van der Waals surface area contributed by atoms with Gasteiger partial charge >= 0.3 is 0 Å². The van der Waals surface area contributed by atoms with Gasteiger partial charge < -0.3 is 9.80 Å². The van der Waals surface area contributed by atoms with Crippen LogP contribution in [-0.2, 0) is 16.2 Å². The lowest BCUT2D eigenvalue weighted by molar-refractivity contribution is 0.332. The van der Waals surface area contributed by atoms with Gasteiger partial charge in [-0.15, -0.1) is 11.3 Å². The molecule has 0 saturated carbocycles. The molecule has 0 spiro atoms. The minimum Gasteiger partial charge on any atom is -0.348 e. The zero-order valence-electron chi connectivity index (χ0n) is 49.0. The number of hydrogen-bond donors (Lipinski definition) is 0. The van der Waals surface area contributed by atoms with E-state index in [1.54, 1.807) is 0 Å². The molecule has 2 unspecified atom stereocenters. The van der Waals surface area contributed by atoms with Crippen molar-refractivity contribution in [2.24, 2.45) is 17.3 Å². The summed E-state index contributed by atoms with van der Waals surface area (Å²) in [5.74, 6) is 3.53. The summed E-state index contributed by atoms with van der Waals surface area (Å²) in [7, 11) is 2.47. The minimum absolute atomic E-state index is 0.0756. The highest BCUT2D eigenvalue weighted by Gasteiger charge is 2.41. The first-order chi connectivity index (χ1) is 34.4. The first-order valence-corrected chi connectivity index (χ1v) is 28.8. The molecule has 3 aliphatic rings. The van der Waals surface area contributed by atoms with Crippen LogP contribution in [0, 0.1) is 17.3 Å². The van der Waals surface area contributed by atoms with Crippen molar-refractivity contribution in [3.8, 4) is 0 Å². The Morgan fingerprint density at radius 3 is 2.23 bits per heavy atom. The maximum absolute atomic E-state index is 4.90. The number of nitrogens with zero attached hydrogens (tertiary/aromatic N) is 2.